The molecule has 0 radical (unpaired) electrons. The summed E-state index contributed by atoms with van der Waals surface area (Å²) in [5.41, 5.74) is 0. The number of rotatable bonds is 20. The third kappa shape index (κ3) is 14.7. The SMILES string of the molecule is CCCCCCCCCCCC/C=C/CCCCCCOC(=O)C1CCCCC1C(=O)O. The maximum atomic E-state index is 12.2. The first kappa shape index (κ1) is 28.7. The Labute approximate surface area is 197 Å². The molecule has 0 aromatic carbocycles. The minimum absolute atomic E-state index is 0.299. The average Bonchev–Trinajstić information content (AvgIpc) is 2.80. The van der Waals surface area contributed by atoms with Crippen LogP contribution in [-0.4, -0.2) is 23.7 Å². The Balaban J connectivity index is 1.86. The van der Waals surface area contributed by atoms with E-state index < -0.39 is 17.8 Å². The molecule has 1 saturated carbocycles. The van der Waals surface area contributed by atoms with Crippen molar-refractivity contribution in [3.63, 3.8) is 0 Å². The number of carboxylic acid groups (broad SMARTS) is 1. The summed E-state index contributed by atoms with van der Waals surface area (Å²) in [6.45, 7) is 2.70. The molecule has 1 rings (SSSR count). The minimum atomic E-state index is -0.854. The summed E-state index contributed by atoms with van der Waals surface area (Å²) in [4.78, 5) is 23.5. The van der Waals surface area contributed by atoms with Crippen molar-refractivity contribution in [2.45, 2.75) is 135 Å². The molecule has 0 aromatic heterocycles. The molecule has 1 aliphatic carbocycles. The topological polar surface area (TPSA) is 63.6 Å². The van der Waals surface area contributed by atoms with Gasteiger partial charge in [0.05, 0.1) is 18.4 Å². The van der Waals surface area contributed by atoms with E-state index in [9.17, 15) is 14.7 Å². The van der Waals surface area contributed by atoms with E-state index in [1.54, 1.807) is 0 Å². The third-order valence-electron chi connectivity index (χ3n) is 6.79. The Morgan fingerprint density at radius 3 is 1.72 bits per heavy atom. The normalized spacial score (nSPS) is 18.8. The van der Waals surface area contributed by atoms with E-state index in [1.807, 2.05) is 0 Å². The smallest absolute Gasteiger partial charge is 0.309 e. The number of carbonyl (C=O) groups is 2. The van der Waals surface area contributed by atoms with Crippen LogP contribution >= 0.6 is 0 Å². The molecule has 1 aliphatic rings. The van der Waals surface area contributed by atoms with Crippen LogP contribution in [0.15, 0.2) is 12.2 Å². The molecular formula is C28H50O4. The van der Waals surface area contributed by atoms with Gasteiger partial charge < -0.3 is 9.84 Å². The van der Waals surface area contributed by atoms with Gasteiger partial charge in [-0.05, 0) is 44.9 Å². The Morgan fingerprint density at radius 1 is 0.719 bits per heavy atom. The first-order chi connectivity index (χ1) is 15.7. The predicted molar refractivity (Wildman–Crippen MR) is 133 cm³/mol. The lowest BCUT2D eigenvalue weighted by atomic mass is 9.79. The van der Waals surface area contributed by atoms with Crippen molar-refractivity contribution in [1.82, 2.24) is 0 Å². The van der Waals surface area contributed by atoms with Crippen molar-refractivity contribution in [3.8, 4) is 0 Å². The van der Waals surface area contributed by atoms with Crippen LogP contribution in [0.1, 0.15) is 135 Å². The number of esters is 1. The van der Waals surface area contributed by atoms with E-state index >= 15 is 0 Å². The number of hydrogen-bond acceptors (Lipinski definition) is 3. The summed E-state index contributed by atoms with van der Waals surface area (Å²) >= 11 is 0. The molecule has 0 aliphatic heterocycles. The molecule has 0 aromatic rings. The molecule has 0 spiro atoms. The maximum absolute atomic E-state index is 12.2. The number of allylic oxidation sites excluding steroid dienone is 2. The van der Waals surface area contributed by atoms with Gasteiger partial charge in [0.25, 0.3) is 0 Å². The van der Waals surface area contributed by atoms with Crippen LogP contribution < -0.4 is 0 Å². The van der Waals surface area contributed by atoms with E-state index in [4.69, 9.17) is 4.74 Å². The molecule has 0 bridgehead atoms. The second-order valence-corrected chi connectivity index (χ2v) is 9.65. The summed E-state index contributed by atoms with van der Waals surface area (Å²) in [7, 11) is 0. The number of ether oxygens (including phenoxy) is 1. The summed E-state index contributed by atoms with van der Waals surface area (Å²) < 4.78 is 5.37. The number of carbonyl (C=O) groups excluding carboxylic acids is 1. The maximum Gasteiger partial charge on any atom is 0.309 e. The number of aliphatic carboxylic acids is 1. The van der Waals surface area contributed by atoms with Crippen molar-refractivity contribution in [2.75, 3.05) is 6.61 Å². The Hall–Kier alpha value is -1.32. The number of unbranched alkanes of at least 4 members (excludes halogenated alkanes) is 14. The molecule has 186 valence electrons. The van der Waals surface area contributed by atoms with Crippen molar-refractivity contribution in [2.24, 2.45) is 11.8 Å². The molecule has 4 heteroatoms. The molecule has 2 atom stereocenters. The Morgan fingerprint density at radius 2 is 1.19 bits per heavy atom. The van der Waals surface area contributed by atoms with Gasteiger partial charge in [0.2, 0.25) is 0 Å². The van der Waals surface area contributed by atoms with Crippen LogP contribution in [0.5, 0.6) is 0 Å². The van der Waals surface area contributed by atoms with Crippen LogP contribution in [0.2, 0.25) is 0 Å². The fourth-order valence-electron chi connectivity index (χ4n) is 4.69. The molecule has 1 fully saturated rings. The van der Waals surface area contributed by atoms with Gasteiger partial charge in [0, 0.05) is 0 Å². The van der Waals surface area contributed by atoms with Crippen LogP contribution in [-0.2, 0) is 14.3 Å². The summed E-state index contributed by atoms with van der Waals surface area (Å²) in [6, 6.07) is 0. The van der Waals surface area contributed by atoms with Gasteiger partial charge in [-0.1, -0.05) is 103 Å². The average molecular weight is 451 g/mol. The molecule has 2 unspecified atom stereocenters. The lowest BCUT2D eigenvalue weighted by Gasteiger charge is -2.26. The molecule has 32 heavy (non-hydrogen) atoms. The van der Waals surface area contributed by atoms with Gasteiger partial charge in [-0.15, -0.1) is 0 Å². The van der Waals surface area contributed by atoms with Crippen molar-refractivity contribution < 1.29 is 19.4 Å². The standard InChI is InChI=1S/C28H50O4/c1-2-3-4-5-6-7-8-9-10-11-12-13-14-15-16-17-18-21-24-32-28(31)26-23-20-19-22-25(26)27(29)30/h13-14,25-26H,2-12,15-24H2,1H3,(H,29,30)/b14-13+. The predicted octanol–water partition coefficient (Wildman–Crippen LogP) is 8.24. The summed E-state index contributed by atoms with van der Waals surface area (Å²) in [6.07, 6.45) is 28.3. The van der Waals surface area contributed by atoms with E-state index in [2.05, 4.69) is 19.1 Å². The van der Waals surface area contributed by atoms with Crippen LogP contribution in [0.4, 0.5) is 0 Å². The second-order valence-electron chi connectivity index (χ2n) is 9.65. The Kier molecular flexibility index (Phi) is 18.2. The third-order valence-corrected chi connectivity index (χ3v) is 6.79. The lowest BCUT2D eigenvalue weighted by Crippen LogP contribution is -2.33. The van der Waals surface area contributed by atoms with Crippen LogP contribution in [0, 0.1) is 11.8 Å². The van der Waals surface area contributed by atoms with Gasteiger partial charge in [0.1, 0.15) is 0 Å². The highest BCUT2D eigenvalue weighted by Crippen LogP contribution is 2.31. The van der Waals surface area contributed by atoms with Gasteiger partial charge >= 0.3 is 11.9 Å². The molecule has 0 saturated heterocycles. The highest BCUT2D eigenvalue weighted by Gasteiger charge is 2.36. The molecule has 0 amide bonds. The van der Waals surface area contributed by atoms with Gasteiger partial charge in [-0.25, -0.2) is 0 Å². The van der Waals surface area contributed by atoms with Crippen LogP contribution in [0.25, 0.3) is 0 Å². The van der Waals surface area contributed by atoms with E-state index in [0.717, 1.165) is 38.5 Å². The quantitative estimate of drug-likeness (QED) is 0.115. The van der Waals surface area contributed by atoms with Gasteiger partial charge in [-0.3, -0.25) is 9.59 Å². The van der Waals surface area contributed by atoms with Gasteiger partial charge in [0.15, 0.2) is 0 Å². The lowest BCUT2D eigenvalue weighted by molar-refractivity contribution is -0.159. The highest BCUT2D eigenvalue weighted by atomic mass is 16.5. The summed E-state index contributed by atoms with van der Waals surface area (Å²) in [5.74, 6) is -2.15. The zero-order valence-electron chi connectivity index (χ0n) is 20.8. The Bertz CT molecular complexity index is 500. The molecule has 1 N–H and O–H groups in total. The molecule has 4 nitrogen and oxygen atoms in total. The van der Waals surface area contributed by atoms with Crippen molar-refractivity contribution in [3.05, 3.63) is 12.2 Å². The number of hydrogen-bond donors (Lipinski definition) is 1. The van der Waals surface area contributed by atoms with E-state index in [0.29, 0.717) is 19.4 Å². The fraction of sp³-hybridized carbons (Fsp3) is 0.857. The zero-order valence-corrected chi connectivity index (χ0v) is 20.8. The highest BCUT2D eigenvalue weighted by molar-refractivity contribution is 5.81. The largest absolute Gasteiger partial charge is 0.481 e. The second kappa shape index (κ2) is 20.3. The first-order valence-electron chi connectivity index (χ1n) is 13.7. The van der Waals surface area contributed by atoms with Crippen molar-refractivity contribution in [1.29, 1.82) is 0 Å². The molecular weight excluding hydrogens is 400 g/mol. The summed E-state index contributed by atoms with van der Waals surface area (Å²) in [5, 5.41) is 9.28. The van der Waals surface area contributed by atoms with E-state index in [-0.39, 0.29) is 5.97 Å². The number of carboxylic acids is 1. The van der Waals surface area contributed by atoms with Gasteiger partial charge in [-0.2, -0.15) is 0 Å². The molecule has 0 heterocycles. The first-order valence-corrected chi connectivity index (χ1v) is 13.7. The van der Waals surface area contributed by atoms with Crippen molar-refractivity contribution >= 4 is 11.9 Å². The zero-order chi connectivity index (χ0) is 23.3. The minimum Gasteiger partial charge on any atom is -0.481 e. The monoisotopic (exact) mass is 450 g/mol. The van der Waals surface area contributed by atoms with Crippen LogP contribution in [0.3, 0.4) is 0 Å². The van der Waals surface area contributed by atoms with E-state index in [1.165, 1.54) is 77.0 Å². The fourth-order valence-corrected chi connectivity index (χ4v) is 4.69.